The Morgan fingerprint density at radius 2 is 1.29 bits per heavy atom. The molecule has 0 aliphatic rings. The monoisotopic (exact) mass is 472 g/mol. The molecule has 0 aromatic heterocycles. The van der Waals surface area contributed by atoms with Gasteiger partial charge in [0.15, 0.2) is 0 Å². The molecule has 0 saturated carbocycles. The van der Waals surface area contributed by atoms with Gasteiger partial charge in [-0.2, -0.15) is 0 Å². The highest BCUT2D eigenvalue weighted by atomic mass is 16.6. The van der Waals surface area contributed by atoms with Gasteiger partial charge in [-0.15, -0.1) is 0 Å². The third-order valence-corrected chi connectivity index (χ3v) is 6.17. The largest absolute Gasteiger partial charge is 0.441 e. The van der Waals surface area contributed by atoms with Crippen molar-refractivity contribution >= 4 is 12.0 Å². The van der Waals surface area contributed by atoms with E-state index in [1.807, 2.05) is 119 Å². The van der Waals surface area contributed by atoms with E-state index < -0.39 is 23.3 Å². The summed E-state index contributed by atoms with van der Waals surface area (Å²) in [6.45, 7) is 9.65. The molecule has 0 bridgehead atoms. The van der Waals surface area contributed by atoms with Crippen LogP contribution in [0.5, 0.6) is 0 Å². The molecule has 0 aliphatic carbocycles. The van der Waals surface area contributed by atoms with Crippen LogP contribution in [0.1, 0.15) is 57.4 Å². The number of carbonyl (C=O) groups excluding carboxylic acids is 2. The first-order valence-corrected chi connectivity index (χ1v) is 12.1. The standard InChI is InChI=1S/C30H36N2O3/c1-22(2)26(24-17-11-7-12-18-24)35-28(34)32-30(5,21-23-15-9-6-10-16-23)27(33)31-29(3,4)25-19-13-8-14-20-25/h6-20,22,26H,21H2,1-5H3,(H,31,33)(H,32,34). The topological polar surface area (TPSA) is 67.4 Å². The molecule has 35 heavy (non-hydrogen) atoms. The van der Waals surface area contributed by atoms with Gasteiger partial charge in [0.05, 0.1) is 5.54 Å². The molecule has 2 amide bonds. The Morgan fingerprint density at radius 3 is 1.83 bits per heavy atom. The SMILES string of the molecule is CC(C)C(OC(=O)NC(C)(Cc1ccccc1)C(=O)NC(C)(C)c1ccccc1)c1ccccc1. The number of amides is 2. The predicted octanol–water partition coefficient (Wildman–Crippen LogP) is 6.16. The molecule has 0 radical (unpaired) electrons. The van der Waals surface area contributed by atoms with Crippen LogP contribution >= 0.6 is 0 Å². The molecule has 0 saturated heterocycles. The summed E-state index contributed by atoms with van der Waals surface area (Å²) in [6.07, 6.45) is -0.739. The minimum Gasteiger partial charge on any atom is -0.441 e. The Balaban J connectivity index is 1.84. The highest BCUT2D eigenvalue weighted by Crippen LogP contribution is 2.27. The summed E-state index contributed by atoms with van der Waals surface area (Å²) < 4.78 is 5.87. The summed E-state index contributed by atoms with van der Waals surface area (Å²) in [5, 5.41) is 6.03. The van der Waals surface area contributed by atoms with Gasteiger partial charge < -0.3 is 15.4 Å². The molecule has 3 aromatic rings. The first-order valence-electron chi connectivity index (χ1n) is 12.1. The predicted molar refractivity (Wildman–Crippen MR) is 140 cm³/mol. The lowest BCUT2D eigenvalue weighted by Crippen LogP contribution is -2.61. The molecule has 3 rings (SSSR count). The molecular formula is C30H36N2O3. The lowest BCUT2D eigenvalue weighted by atomic mass is 9.88. The van der Waals surface area contributed by atoms with E-state index in [2.05, 4.69) is 10.6 Å². The maximum atomic E-state index is 13.7. The van der Waals surface area contributed by atoms with Gasteiger partial charge in [0, 0.05) is 6.42 Å². The van der Waals surface area contributed by atoms with Crippen molar-refractivity contribution in [1.82, 2.24) is 10.6 Å². The van der Waals surface area contributed by atoms with Crippen LogP contribution in [0.15, 0.2) is 91.0 Å². The summed E-state index contributed by atoms with van der Waals surface area (Å²) in [4.78, 5) is 26.9. The zero-order valence-electron chi connectivity index (χ0n) is 21.2. The lowest BCUT2D eigenvalue weighted by molar-refractivity contribution is -0.128. The van der Waals surface area contributed by atoms with E-state index in [1.54, 1.807) is 6.92 Å². The second kappa shape index (κ2) is 11.2. The van der Waals surface area contributed by atoms with Crippen molar-refractivity contribution < 1.29 is 14.3 Å². The minimum absolute atomic E-state index is 0.0642. The number of ether oxygens (including phenoxy) is 1. The first-order chi connectivity index (χ1) is 16.6. The zero-order valence-corrected chi connectivity index (χ0v) is 21.2. The molecule has 5 heteroatoms. The molecule has 2 N–H and O–H groups in total. The number of benzene rings is 3. The lowest BCUT2D eigenvalue weighted by Gasteiger charge is -2.35. The Bertz CT molecular complexity index is 1100. The number of nitrogens with one attached hydrogen (secondary N) is 2. The van der Waals surface area contributed by atoms with Crippen molar-refractivity contribution in [2.24, 2.45) is 5.92 Å². The third-order valence-electron chi connectivity index (χ3n) is 6.17. The van der Waals surface area contributed by atoms with Gasteiger partial charge in [0.2, 0.25) is 5.91 Å². The molecule has 0 fully saturated rings. The van der Waals surface area contributed by atoms with E-state index in [9.17, 15) is 9.59 Å². The number of alkyl carbamates (subject to hydrolysis) is 1. The second-order valence-corrected chi connectivity index (χ2v) is 10.0. The van der Waals surface area contributed by atoms with Crippen molar-refractivity contribution in [3.05, 3.63) is 108 Å². The summed E-state index contributed by atoms with van der Waals surface area (Å²) in [5.41, 5.74) is 0.959. The maximum absolute atomic E-state index is 13.7. The Labute approximate surface area is 208 Å². The number of rotatable bonds is 9. The number of carbonyl (C=O) groups is 2. The normalized spacial score (nSPS) is 14.0. The van der Waals surface area contributed by atoms with Crippen LogP contribution in [0, 0.1) is 5.92 Å². The number of hydrogen-bond donors (Lipinski definition) is 2. The molecule has 3 aromatic carbocycles. The van der Waals surface area contributed by atoms with Gasteiger partial charge in [0.25, 0.3) is 0 Å². The quantitative estimate of drug-likeness (QED) is 0.392. The molecule has 5 nitrogen and oxygen atoms in total. The van der Waals surface area contributed by atoms with E-state index in [4.69, 9.17) is 4.74 Å². The second-order valence-electron chi connectivity index (χ2n) is 10.0. The summed E-state index contributed by atoms with van der Waals surface area (Å²) >= 11 is 0. The van der Waals surface area contributed by atoms with Crippen LogP contribution in [0.3, 0.4) is 0 Å². The Morgan fingerprint density at radius 1 is 0.771 bits per heavy atom. The molecule has 0 aliphatic heterocycles. The van der Waals surface area contributed by atoms with Crippen molar-refractivity contribution in [3.63, 3.8) is 0 Å². The van der Waals surface area contributed by atoms with Gasteiger partial charge in [-0.25, -0.2) is 4.79 Å². The van der Waals surface area contributed by atoms with E-state index >= 15 is 0 Å². The van der Waals surface area contributed by atoms with E-state index in [0.29, 0.717) is 6.42 Å². The average molecular weight is 473 g/mol. The average Bonchev–Trinajstić information content (AvgIpc) is 2.83. The van der Waals surface area contributed by atoms with Crippen molar-refractivity contribution in [1.29, 1.82) is 0 Å². The highest BCUT2D eigenvalue weighted by molar-refractivity contribution is 5.90. The summed E-state index contributed by atoms with van der Waals surface area (Å²) in [7, 11) is 0. The van der Waals surface area contributed by atoms with E-state index in [1.165, 1.54) is 0 Å². The van der Waals surface area contributed by atoms with Crippen molar-refractivity contribution in [2.75, 3.05) is 0 Å². The van der Waals surface area contributed by atoms with Crippen LogP contribution < -0.4 is 10.6 Å². The smallest absolute Gasteiger partial charge is 0.408 e. The van der Waals surface area contributed by atoms with Crippen LogP contribution in [-0.2, 0) is 21.5 Å². The molecule has 2 unspecified atom stereocenters. The van der Waals surface area contributed by atoms with Gasteiger partial charge in [-0.3, -0.25) is 4.79 Å². The fourth-order valence-electron chi connectivity index (χ4n) is 4.14. The van der Waals surface area contributed by atoms with Gasteiger partial charge in [-0.05, 0) is 43.4 Å². The number of hydrogen-bond acceptors (Lipinski definition) is 3. The molecular weight excluding hydrogens is 436 g/mol. The van der Waals surface area contributed by atoms with E-state index in [-0.39, 0.29) is 11.8 Å². The Hall–Kier alpha value is -3.60. The Kier molecular flexibility index (Phi) is 8.34. The zero-order chi connectivity index (χ0) is 25.5. The van der Waals surface area contributed by atoms with Crippen LogP contribution in [0.2, 0.25) is 0 Å². The molecule has 0 spiro atoms. The van der Waals surface area contributed by atoms with Gasteiger partial charge in [-0.1, -0.05) is 105 Å². The van der Waals surface area contributed by atoms with Gasteiger partial charge >= 0.3 is 6.09 Å². The van der Waals surface area contributed by atoms with E-state index in [0.717, 1.165) is 16.7 Å². The maximum Gasteiger partial charge on any atom is 0.408 e. The van der Waals surface area contributed by atoms with Crippen LogP contribution in [0.25, 0.3) is 0 Å². The highest BCUT2D eigenvalue weighted by Gasteiger charge is 2.39. The summed E-state index contributed by atoms with van der Waals surface area (Å²) in [5.74, 6) is -0.220. The summed E-state index contributed by atoms with van der Waals surface area (Å²) in [6, 6.07) is 29.1. The van der Waals surface area contributed by atoms with Gasteiger partial charge in [0.1, 0.15) is 11.6 Å². The molecule has 2 atom stereocenters. The third kappa shape index (κ3) is 6.95. The van der Waals surface area contributed by atoms with Crippen molar-refractivity contribution in [2.45, 2.75) is 58.2 Å². The van der Waals surface area contributed by atoms with Crippen molar-refractivity contribution in [3.8, 4) is 0 Å². The van der Waals surface area contributed by atoms with Crippen LogP contribution in [-0.4, -0.2) is 17.5 Å². The van der Waals surface area contributed by atoms with Crippen LogP contribution in [0.4, 0.5) is 4.79 Å². The fraction of sp³-hybridized carbons (Fsp3) is 0.333. The molecule has 0 heterocycles. The molecule has 184 valence electrons. The first kappa shape index (κ1) is 26.0. The fourth-order valence-corrected chi connectivity index (χ4v) is 4.14. The minimum atomic E-state index is -1.23.